The maximum atomic E-state index is 13.1. The Balaban J connectivity index is 1.69. The third-order valence-electron chi connectivity index (χ3n) is 4.92. The second-order valence-corrected chi connectivity index (χ2v) is 8.60. The van der Waals surface area contributed by atoms with Gasteiger partial charge in [0.2, 0.25) is 10.0 Å². The summed E-state index contributed by atoms with van der Waals surface area (Å²) in [6.07, 6.45) is 3.87. The van der Waals surface area contributed by atoms with Crippen molar-refractivity contribution in [3.63, 3.8) is 0 Å². The van der Waals surface area contributed by atoms with Crippen LogP contribution in [0.25, 0.3) is 10.9 Å². The summed E-state index contributed by atoms with van der Waals surface area (Å²) in [4.78, 5) is 0.219. The molecule has 1 aliphatic carbocycles. The summed E-state index contributed by atoms with van der Waals surface area (Å²) < 4.78 is 43.1. The second kappa shape index (κ2) is 6.94. The van der Waals surface area contributed by atoms with Crippen LogP contribution in [0.1, 0.15) is 25.7 Å². The summed E-state index contributed by atoms with van der Waals surface area (Å²) in [7, 11) is -1.79. The fourth-order valence-corrected chi connectivity index (χ4v) is 4.84. The molecule has 0 amide bonds. The number of halogens is 1. The zero-order chi connectivity index (χ0) is 19.0. The maximum absolute atomic E-state index is 13.1. The van der Waals surface area contributed by atoms with Crippen molar-refractivity contribution in [1.29, 1.82) is 0 Å². The first-order valence-corrected chi connectivity index (χ1v) is 10.4. The van der Waals surface area contributed by atoms with E-state index in [9.17, 15) is 12.8 Å². The summed E-state index contributed by atoms with van der Waals surface area (Å²) in [6, 6.07) is 10.9. The number of hydrogen-bond donors (Lipinski definition) is 2. The lowest BCUT2D eigenvalue weighted by molar-refractivity contribution is 0.552. The molecule has 0 atom stereocenters. The van der Waals surface area contributed by atoms with Crippen molar-refractivity contribution in [3.05, 3.63) is 48.3 Å². The quantitative estimate of drug-likeness (QED) is 0.699. The summed E-state index contributed by atoms with van der Waals surface area (Å²) >= 11 is 0. The molecule has 142 valence electrons. The third-order valence-corrected chi connectivity index (χ3v) is 6.43. The van der Waals surface area contributed by atoms with Crippen LogP contribution < -0.4 is 10.0 Å². The summed E-state index contributed by atoms with van der Waals surface area (Å²) in [5.41, 5.74) is 1.48. The van der Waals surface area contributed by atoms with E-state index in [-0.39, 0.29) is 16.8 Å². The number of sulfonamides is 1. The average molecular weight is 388 g/mol. The first-order valence-electron chi connectivity index (χ1n) is 8.94. The van der Waals surface area contributed by atoms with Crippen LogP contribution >= 0.6 is 0 Å². The minimum Gasteiger partial charge on any atom is -0.338 e. The molecule has 0 saturated heterocycles. The van der Waals surface area contributed by atoms with Crippen LogP contribution in [0.15, 0.2) is 47.4 Å². The highest BCUT2D eigenvalue weighted by Gasteiger charge is 2.24. The second-order valence-electron chi connectivity index (χ2n) is 6.89. The highest BCUT2D eigenvalue weighted by Crippen LogP contribution is 2.28. The number of anilines is 2. The number of nitrogens with zero attached hydrogens (tertiary/aromatic N) is 2. The molecule has 1 aromatic heterocycles. The van der Waals surface area contributed by atoms with Gasteiger partial charge in [-0.05, 0) is 55.3 Å². The van der Waals surface area contributed by atoms with Crippen LogP contribution in [-0.2, 0) is 17.1 Å². The average Bonchev–Trinajstić information content (AvgIpc) is 3.25. The highest BCUT2D eigenvalue weighted by molar-refractivity contribution is 7.89. The molecule has 0 bridgehead atoms. The van der Waals surface area contributed by atoms with Crippen molar-refractivity contribution in [2.24, 2.45) is 7.05 Å². The smallest absolute Gasteiger partial charge is 0.240 e. The van der Waals surface area contributed by atoms with Gasteiger partial charge in [0.25, 0.3) is 0 Å². The molecule has 0 unspecified atom stereocenters. The van der Waals surface area contributed by atoms with Crippen LogP contribution in [0.2, 0.25) is 0 Å². The van der Waals surface area contributed by atoms with Crippen molar-refractivity contribution in [2.75, 3.05) is 5.32 Å². The van der Waals surface area contributed by atoms with E-state index in [1.807, 2.05) is 0 Å². The Morgan fingerprint density at radius 2 is 1.81 bits per heavy atom. The van der Waals surface area contributed by atoms with Crippen LogP contribution in [0.3, 0.4) is 0 Å². The highest BCUT2D eigenvalue weighted by atomic mass is 32.2. The number of aryl methyl sites for hydroxylation is 1. The Bertz CT molecular complexity index is 1070. The van der Waals surface area contributed by atoms with Crippen molar-refractivity contribution in [1.82, 2.24) is 14.5 Å². The molecule has 3 aromatic rings. The van der Waals surface area contributed by atoms with E-state index in [4.69, 9.17) is 0 Å². The molecule has 6 nitrogen and oxygen atoms in total. The number of benzene rings is 2. The van der Waals surface area contributed by atoms with Crippen molar-refractivity contribution >= 4 is 32.4 Å². The summed E-state index contributed by atoms with van der Waals surface area (Å²) in [5, 5.41) is 8.25. The monoisotopic (exact) mass is 388 g/mol. The Hall–Kier alpha value is -2.45. The number of nitrogens with one attached hydrogen (secondary N) is 2. The lowest BCUT2D eigenvalue weighted by Gasteiger charge is -2.12. The molecule has 4 rings (SSSR count). The molecule has 0 aliphatic heterocycles. The van der Waals surface area contributed by atoms with Crippen LogP contribution in [0, 0.1) is 5.82 Å². The maximum Gasteiger partial charge on any atom is 0.240 e. The van der Waals surface area contributed by atoms with Crippen LogP contribution in [-0.4, -0.2) is 24.2 Å². The first kappa shape index (κ1) is 17.9. The molecule has 1 fully saturated rings. The molecule has 1 saturated carbocycles. The van der Waals surface area contributed by atoms with Crippen molar-refractivity contribution in [3.8, 4) is 0 Å². The lowest BCUT2D eigenvalue weighted by atomic mass is 10.2. The van der Waals surface area contributed by atoms with Gasteiger partial charge in [-0.1, -0.05) is 12.8 Å². The molecule has 1 aliphatic rings. The standard InChI is InChI=1S/C19H21FN4O2S/c1-24-18-11-10-16(27(25,26)23-15-4-2-3-5-15)12-17(18)19(22-24)21-14-8-6-13(20)7-9-14/h6-12,15,23H,2-5H2,1H3,(H,21,22). The number of fused-ring (bicyclic) bond motifs is 1. The van der Waals surface area contributed by atoms with Crippen LogP contribution in [0.5, 0.6) is 0 Å². The largest absolute Gasteiger partial charge is 0.338 e. The molecule has 2 aromatic carbocycles. The number of hydrogen-bond acceptors (Lipinski definition) is 4. The van der Waals surface area contributed by atoms with Gasteiger partial charge in [0.15, 0.2) is 5.82 Å². The fourth-order valence-electron chi connectivity index (χ4n) is 3.51. The normalized spacial score (nSPS) is 15.5. The van der Waals surface area contributed by atoms with Gasteiger partial charge >= 0.3 is 0 Å². The minimum atomic E-state index is -3.59. The van der Waals surface area contributed by atoms with E-state index in [0.717, 1.165) is 31.2 Å². The first-order chi connectivity index (χ1) is 12.9. The van der Waals surface area contributed by atoms with E-state index in [1.165, 1.54) is 12.1 Å². The van der Waals surface area contributed by atoms with Gasteiger partial charge in [0, 0.05) is 24.2 Å². The molecule has 27 heavy (non-hydrogen) atoms. The van der Waals surface area contributed by atoms with E-state index in [2.05, 4.69) is 15.1 Å². The van der Waals surface area contributed by atoms with Gasteiger partial charge in [-0.15, -0.1) is 0 Å². The number of aromatic nitrogens is 2. The summed E-state index contributed by atoms with van der Waals surface area (Å²) in [5.74, 6) is 0.204. The van der Waals surface area contributed by atoms with E-state index in [1.54, 1.807) is 42.1 Å². The van der Waals surface area contributed by atoms with Crippen LogP contribution in [0.4, 0.5) is 15.9 Å². The van der Waals surface area contributed by atoms with Gasteiger partial charge < -0.3 is 5.32 Å². The lowest BCUT2D eigenvalue weighted by Crippen LogP contribution is -2.32. The molecule has 1 heterocycles. The SMILES string of the molecule is Cn1nc(Nc2ccc(F)cc2)c2cc(S(=O)(=O)NC3CCCC3)ccc21. The Labute approximate surface area is 157 Å². The van der Waals surface area contributed by atoms with E-state index in [0.29, 0.717) is 16.9 Å². The molecule has 0 radical (unpaired) electrons. The number of rotatable bonds is 5. The topological polar surface area (TPSA) is 76.0 Å². The Morgan fingerprint density at radius 3 is 2.52 bits per heavy atom. The zero-order valence-electron chi connectivity index (χ0n) is 14.9. The van der Waals surface area contributed by atoms with Gasteiger partial charge in [-0.2, -0.15) is 5.10 Å². The predicted octanol–water partition coefficient (Wildman–Crippen LogP) is 3.68. The fraction of sp³-hybridized carbons (Fsp3) is 0.316. The Kier molecular flexibility index (Phi) is 4.61. The Morgan fingerprint density at radius 1 is 1.11 bits per heavy atom. The van der Waals surface area contributed by atoms with E-state index >= 15 is 0 Å². The van der Waals surface area contributed by atoms with Gasteiger partial charge in [0.1, 0.15) is 5.82 Å². The van der Waals surface area contributed by atoms with Crippen molar-refractivity contribution in [2.45, 2.75) is 36.6 Å². The molecule has 2 N–H and O–H groups in total. The molecule has 8 heteroatoms. The van der Waals surface area contributed by atoms with E-state index < -0.39 is 10.0 Å². The molecular weight excluding hydrogens is 367 g/mol. The summed E-state index contributed by atoms with van der Waals surface area (Å²) in [6.45, 7) is 0. The van der Waals surface area contributed by atoms with Gasteiger partial charge in [0.05, 0.1) is 10.4 Å². The van der Waals surface area contributed by atoms with Gasteiger partial charge in [-0.3, -0.25) is 4.68 Å². The zero-order valence-corrected chi connectivity index (χ0v) is 15.8. The predicted molar refractivity (Wildman–Crippen MR) is 103 cm³/mol. The minimum absolute atomic E-state index is 0.0106. The molecule has 0 spiro atoms. The molecular formula is C19H21FN4O2S. The third kappa shape index (κ3) is 3.68. The van der Waals surface area contributed by atoms with Crippen molar-refractivity contribution < 1.29 is 12.8 Å². The van der Waals surface area contributed by atoms with Gasteiger partial charge in [-0.25, -0.2) is 17.5 Å².